The van der Waals surface area contributed by atoms with Crippen molar-refractivity contribution in [3.8, 4) is 0 Å². The van der Waals surface area contributed by atoms with E-state index >= 15 is 0 Å². The van der Waals surface area contributed by atoms with Gasteiger partial charge in [0.1, 0.15) is 4.90 Å². The first-order valence-electron chi connectivity index (χ1n) is 6.27. The van der Waals surface area contributed by atoms with Crippen LogP contribution in [-0.4, -0.2) is 49.3 Å². The zero-order chi connectivity index (χ0) is 14.6. The molecule has 19 heavy (non-hydrogen) atoms. The molecule has 0 saturated heterocycles. The number of nitrogen functional groups attached to an aromatic ring is 1. The summed E-state index contributed by atoms with van der Waals surface area (Å²) in [7, 11) is 0.0209. The molecule has 0 aliphatic heterocycles. The molecule has 0 aromatic carbocycles. The second-order valence-corrected chi connectivity index (χ2v) is 6.42. The van der Waals surface area contributed by atoms with Gasteiger partial charge < -0.3 is 10.6 Å². The van der Waals surface area contributed by atoms with E-state index in [-0.39, 0.29) is 10.7 Å². The van der Waals surface area contributed by atoms with E-state index in [1.165, 1.54) is 10.9 Å². The average molecular weight is 289 g/mol. The van der Waals surface area contributed by atoms with E-state index in [4.69, 9.17) is 5.73 Å². The Bertz CT molecular complexity index is 511. The molecule has 1 aromatic heterocycles. The highest BCUT2D eigenvalue weighted by Gasteiger charge is 2.20. The zero-order valence-corrected chi connectivity index (χ0v) is 12.7. The molecule has 0 aliphatic carbocycles. The third-order valence-electron chi connectivity index (χ3n) is 3.21. The van der Waals surface area contributed by atoms with Gasteiger partial charge >= 0.3 is 0 Å². The molecule has 1 rings (SSSR count). The Balaban J connectivity index is 2.60. The fraction of sp³-hybridized carbons (Fsp3) is 0.727. The Morgan fingerprint density at radius 1 is 1.58 bits per heavy atom. The third-order valence-corrected chi connectivity index (χ3v) is 4.69. The summed E-state index contributed by atoms with van der Waals surface area (Å²) in [6, 6.07) is 0.424. The summed E-state index contributed by atoms with van der Waals surface area (Å²) in [5.74, 6) is 0.0188. The predicted octanol–water partition coefficient (Wildman–Crippen LogP) is 0.0109. The third kappa shape index (κ3) is 4.19. The molecule has 1 unspecified atom stereocenters. The van der Waals surface area contributed by atoms with Crippen LogP contribution in [0.15, 0.2) is 11.1 Å². The van der Waals surface area contributed by atoms with Crippen LogP contribution in [0.5, 0.6) is 0 Å². The summed E-state index contributed by atoms with van der Waals surface area (Å²) in [5, 5.41) is 3.83. The maximum absolute atomic E-state index is 12.0. The minimum Gasteiger partial charge on any atom is -0.381 e. The van der Waals surface area contributed by atoms with Crippen molar-refractivity contribution >= 4 is 15.8 Å². The van der Waals surface area contributed by atoms with Crippen molar-refractivity contribution in [3.05, 3.63) is 6.20 Å². The number of nitrogens with two attached hydrogens (primary N) is 1. The Kier molecular flexibility index (Phi) is 5.33. The van der Waals surface area contributed by atoms with Gasteiger partial charge in [-0.3, -0.25) is 4.68 Å². The molecule has 0 spiro atoms. The molecule has 110 valence electrons. The van der Waals surface area contributed by atoms with Gasteiger partial charge in [-0.2, -0.15) is 5.10 Å². The Labute approximate surface area is 114 Å². The Morgan fingerprint density at radius 2 is 2.21 bits per heavy atom. The number of sulfonamides is 1. The van der Waals surface area contributed by atoms with Gasteiger partial charge in [-0.05, 0) is 20.4 Å². The minimum absolute atomic E-state index is 0.0188. The van der Waals surface area contributed by atoms with Crippen molar-refractivity contribution in [2.75, 3.05) is 25.9 Å². The van der Waals surface area contributed by atoms with Gasteiger partial charge in [0.2, 0.25) is 10.0 Å². The molecule has 0 saturated carbocycles. The lowest BCUT2D eigenvalue weighted by atomic mass is 10.2. The molecule has 7 nitrogen and oxygen atoms in total. The summed E-state index contributed by atoms with van der Waals surface area (Å²) >= 11 is 0. The molecule has 1 aromatic rings. The summed E-state index contributed by atoms with van der Waals surface area (Å²) < 4.78 is 28.0. The van der Waals surface area contributed by atoms with Crippen LogP contribution in [0.4, 0.5) is 5.82 Å². The Hall–Kier alpha value is -1.12. The van der Waals surface area contributed by atoms with Crippen molar-refractivity contribution in [1.82, 2.24) is 19.4 Å². The number of nitrogens with one attached hydrogen (secondary N) is 1. The quantitative estimate of drug-likeness (QED) is 0.737. The topological polar surface area (TPSA) is 93.2 Å². The SMILES string of the molecule is CCC(C)N(C)CCNS(=O)(=O)c1cn(C)nc1N. The van der Waals surface area contributed by atoms with Gasteiger partial charge in [0.15, 0.2) is 5.82 Å². The van der Waals surface area contributed by atoms with E-state index < -0.39 is 10.0 Å². The minimum atomic E-state index is -3.58. The van der Waals surface area contributed by atoms with E-state index in [0.29, 0.717) is 19.1 Å². The first kappa shape index (κ1) is 15.9. The van der Waals surface area contributed by atoms with Gasteiger partial charge in [0, 0.05) is 32.4 Å². The first-order valence-corrected chi connectivity index (χ1v) is 7.75. The first-order chi connectivity index (χ1) is 8.77. The Morgan fingerprint density at radius 3 is 2.68 bits per heavy atom. The van der Waals surface area contributed by atoms with Crippen LogP contribution in [0.1, 0.15) is 20.3 Å². The van der Waals surface area contributed by atoms with E-state index in [1.807, 2.05) is 7.05 Å². The lowest BCUT2D eigenvalue weighted by molar-refractivity contribution is 0.256. The van der Waals surface area contributed by atoms with Crippen molar-refractivity contribution in [1.29, 1.82) is 0 Å². The predicted molar refractivity (Wildman–Crippen MR) is 75.2 cm³/mol. The summed E-state index contributed by atoms with van der Waals surface area (Å²) in [5.41, 5.74) is 5.57. The molecule has 0 amide bonds. The molecular weight excluding hydrogens is 266 g/mol. The van der Waals surface area contributed by atoms with Crippen molar-refractivity contribution in [2.24, 2.45) is 7.05 Å². The fourth-order valence-electron chi connectivity index (χ4n) is 1.66. The van der Waals surface area contributed by atoms with Crippen LogP contribution in [-0.2, 0) is 17.1 Å². The van der Waals surface area contributed by atoms with Crippen molar-refractivity contribution in [3.63, 3.8) is 0 Å². The van der Waals surface area contributed by atoms with Crippen LogP contribution in [0.2, 0.25) is 0 Å². The smallest absolute Gasteiger partial charge is 0.245 e. The van der Waals surface area contributed by atoms with Crippen molar-refractivity contribution in [2.45, 2.75) is 31.2 Å². The van der Waals surface area contributed by atoms with Crippen LogP contribution < -0.4 is 10.5 Å². The highest BCUT2D eigenvalue weighted by molar-refractivity contribution is 7.89. The van der Waals surface area contributed by atoms with Crippen LogP contribution in [0.3, 0.4) is 0 Å². The molecule has 1 atom stereocenters. The zero-order valence-electron chi connectivity index (χ0n) is 11.9. The number of hydrogen-bond acceptors (Lipinski definition) is 5. The average Bonchev–Trinajstić information content (AvgIpc) is 2.67. The highest BCUT2D eigenvalue weighted by atomic mass is 32.2. The van der Waals surface area contributed by atoms with E-state index in [9.17, 15) is 8.42 Å². The van der Waals surface area contributed by atoms with Gasteiger partial charge in [-0.15, -0.1) is 0 Å². The second-order valence-electron chi connectivity index (χ2n) is 4.69. The number of aromatic nitrogens is 2. The molecule has 0 aliphatic rings. The number of anilines is 1. The molecule has 8 heteroatoms. The molecule has 0 fully saturated rings. The lowest BCUT2D eigenvalue weighted by Gasteiger charge is -2.23. The maximum atomic E-state index is 12.0. The maximum Gasteiger partial charge on any atom is 0.245 e. The van der Waals surface area contributed by atoms with Gasteiger partial charge in [-0.1, -0.05) is 6.92 Å². The molecule has 0 bridgehead atoms. The van der Waals surface area contributed by atoms with E-state index in [1.54, 1.807) is 7.05 Å². The summed E-state index contributed by atoms with van der Waals surface area (Å²) in [6.45, 7) is 5.20. The fourth-order valence-corrected chi connectivity index (χ4v) is 2.78. The van der Waals surface area contributed by atoms with Crippen molar-refractivity contribution < 1.29 is 8.42 Å². The monoisotopic (exact) mass is 289 g/mol. The van der Waals surface area contributed by atoms with Crippen LogP contribution in [0.25, 0.3) is 0 Å². The standard InChI is InChI=1S/C11H23N5O2S/c1-5-9(2)15(3)7-6-13-19(17,18)10-8-16(4)14-11(10)12/h8-9,13H,5-7H2,1-4H3,(H2,12,14). The number of hydrogen-bond donors (Lipinski definition) is 2. The largest absolute Gasteiger partial charge is 0.381 e. The highest BCUT2D eigenvalue weighted by Crippen LogP contribution is 2.14. The molecular formula is C11H23N5O2S. The summed E-state index contributed by atoms with van der Waals surface area (Å²) in [6.07, 6.45) is 2.43. The van der Waals surface area contributed by atoms with Gasteiger partial charge in [0.25, 0.3) is 0 Å². The summed E-state index contributed by atoms with van der Waals surface area (Å²) in [4.78, 5) is 2.14. The number of rotatable bonds is 7. The number of likely N-dealkylation sites (N-methyl/N-ethyl adjacent to an activating group) is 1. The van der Waals surface area contributed by atoms with Gasteiger partial charge in [0.05, 0.1) is 0 Å². The number of nitrogens with zero attached hydrogens (tertiary/aromatic N) is 3. The van der Waals surface area contributed by atoms with E-state index in [0.717, 1.165) is 6.42 Å². The van der Waals surface area contributed by atoms with E-state index in [2.05, 4.69) is 28.6 Å². The van der Waals surface area contributed by atoms with Crippen LogP contribution in [0, 0.1) is 0 Å². The molecule has 0 radical (unpaired) electrons. The molecule has 1 heterocycles. The molecule has 3 N–H and O–H groups in total. The van der Waals surface area contributed by atoms with Gasteiger partial charge in [-0.25, -0.2) is 13.1 Å². The van der Waals surface area contributed by atoms with Crippen LogP contribution >= 0.6 is 0 Å². The second kappa shape index (κ2) is 6.36. The lowest BCUT2D eigenvalue weighted by Crippen LogP contribution is -2.37. The normalized spacial score (nSPS) is 13.9. The number of aryl methyl sites for hydroxylation is 1.